The molecule has 1 N–H and O–H groups in total. The summed E-state index contributed by atoms with van der Waals surface area (Å²) in [6, 6.07) is 16.5. The summed E-state index contributed by atoms with van der Waals surface area (Å²) in [4.78, 5) is 0. The first-order valence-electron chi connectivity index (χ1n) is 7.11. The van der Waals surface area contributed by atoms with Crippen molar-refractivity contribution in [2.75, 3.05) is 12.4 Å². The third kappa shape index (κ3) is 2.47. The molecular weight excluding hydrogens is 260 g/mol. The van der Waals surface area contributed by atoms with Gasteiger partial charge in [0.1, 0.15) is 5.75 Å². The molecule has 0 aliphatic heterocycles. The van der Waals surface area contributed by atoms with Crippen LogP contribution in [-0.2, 0) is 13.6 Å². The molecule has 0 bridgehead atoms. The van der Waals surface area contributed by atoms with Gasteiger partial charge in [-0.1, -0.05) is 24.3 Å². The molecule has 2 aromatic carbocycles. The van der Waals surface area contributed by atoms with Crippen molar-refractivity contribution in [2.45, 2.75) is 13.5 Å². The topological polar surface area (TPSA) is 26.2 Å². The third-order valence-corrected chi connectivity index (χ3v) is 4.04. The van der Waals surface area contributed by atoms with Crippen LogP contribution in [0.1, 0.15) is 11.3 Å². The van der Waals surface area contributed by atoms with E-state index < -0.39 is 0 Å². The fourth-order valence-electron chi connectivity index (χ4n) is 2.81. The number of hydrogen-bond acceptors (Lipinski definition) is 2. The zero-order chi connectivity index (χ0) is 14.8. The van der Waals surface area contributed by atoms with Crippen molar-refractivity contribution in [3.8, 4) is 5.75 Å². The highest BCUT2D eigenvalue weighted by Crippen LogP contribution is 2.25. The van der Waals surface area contributed by atoms with Gasteiger partial charge in [0.15, 0.2) is 0 Å². The molecule has 0 amide bonds. The Kier molecular flexibility index (Phi) is 3.57. The number of hydrogen-bond donors (Lipinski definition) is 1. The van der Waals surface area contributed by atoms with Crippen LogP contribution in [0, 0.1) is 6.92 Å². The number of anilines is 1. The van der Waals surface area contributed by atoms with E-state index >= 15 is 0 Å². The SMILES string of the molecule is COc1cccc(NCc2c(C)c3ccccc3n2C)c1. The Balaban J connectivity index is 1.88. The summed E-state index contributed by atoms with van der Waals surface area (Å²) in [5, 5.41) is 4.80. The van der Waals surface area contributed by atoms with Crippen LogP contribution < -0.4 is 10.1 Å². The van der Waals surface area contributed by atoms with E-state index in [9.17, 15) is 0 Å². The second-order valence-corrected chi connectivity index (χ2v) is 5.23. The van der Waals surface area contributed by atoms with E-state index in [0.717, 1.165) is 18.0 Å². The van der Waals surface area contributed by atoms with Gasteiger partial charge in [-0.3, -0.25) is 0 Å². The van der Waals surface area contributed by atoms with Crippen LogP contribution in [0.25, 0.3) is 10.9 Å². The van der Waals surface area contributed by atoms with Crippen molar-refractivity contribution >= 4 is 16.6 Å². The summed E-state index contributed by atoms with van der Waals surface area (Å²) in [5.41, 5.74) is 4.99. The first kappa shape index (κ1) is 13.6. The fraction of sp³-hybridized carbons (Fsp3) is 0.222. The van der Waals surface area contributed by atoms with Crippen LogP contribution >= 0.6 is 0 Å². The number of nitrogens with one attached hydrogen (secondary N) is 1. The Bertz CT molecular complexity index is 735. The largest absolute Gasteiger partial charge is 0.497 e. The van der Waals surface area contributed by atoms with Gasteiger partial charge in [0.25, 0.3) is 0 Å². The Morgan fingerprint density at radius 3 is 2.67 bits per heavy atom. The molecule has 0 aliphatic rings. The van der Waals surface area contributed by atoms with Crippen molar-refractivity contribution in [3.05, 3.63) is 59.8 Å². The highest BCUT2D eigenvalue weighted by atomic mass is 16.5. The average Bonchev–Trinajstić information content (AvgIpc) is 2.78. The minimum Gasteiger partial charge on any atom is -0.497 e. The molecule has 21 heavy (non-hydrogen) atoms. The molecule has 3 heteroatoms. The van der Waals surface area contributed by atoms with Crippen molar-refractivity contribution in [1.29, 1.82) is 0 Å². The smallest absolute Gasteiger partial charge is 0.120 e. The number of aryl methyl sites for hydroxylation is 2. The van der Waals surface area contributed by atoms with Crippen LogP contribution in [-0.4, -0.2) is 11.7 Å². The highest BCUT2D eigenvalue weighted by Gasteiger charge is 2.10. The second kappa shape index (κ2) is 5.52. The predicted molar refractivity (Wildman–Crippen MR) is 88.0 cm³/mol. The average molecular weight is 280 g/mol. The van der Waals surface area contributed by atoms with Gasteiger partial charge in [0.05, 0.1) is 13.7 Å². The van der Waals surface area contributed by atoms with Gasteiger partial charge in [-0.05, 0) is 30.7 Å². The highest BCUT2D eigenvalue weighted by molar-refractivity contribution is 5.85. The first-order valence-corrected chi connectivity index (χ1v) is 7.11. The molecule has 0 spiro atoms. The molecule has 0 atom stereocenters. The summed E-state index contributed by atoms with van der Waals surface area (Å²) in [6.07, 6.45) is 0. The zero-order valence-electron chi connectivity index (χ0n) is 12.7. The lowest BCUT2D eigenvalue weighted by Gasteiger charge is -2.10. The van der Waals surface area contributed by atoms with Crippen molar-refractivity contribution in [2.24, 2.45) is 7.05 Å². The molecule has 3 nitrogen and oxygen atoms in total. The van der Waals surface area contributed by atoms with Gasteiger partial charge in [-0.25, -0.2) is 0 Å². The van der Waals surface area contributed by atoms with E-state index in [1.165, 1.54) is 22.2 Å². The van der Waals surface area contributed by atoms with E-state index in [-0.39, 0.29) is 0 Å². The Morgan fingerprint density at radius 2 is 1.90 bits per heavy atom. The van der Waals surface area contributed by atoms with Gasteiger partial charge >= 0.3 is 0 Å². The molecule has 3 rings (SSSR count). The molecule has 0 fully saturated rings. The summed E-state index contributed by atoms with van der Waals surface area (Å²) >= 11 is 0. The van der Waals surface area contributed by atoms with E-state index in [1.807, 2.05) is 18.2 Å². The molecule has 0 unspecified atom stereocenters. The second-order valence-electron chi connectivity index (χ2n) is 5.23. The van der Waals surface area contributed by atoms with Crippen molar-refractivity contribution in [3.63, 3.8) is 0 Å². The van der Waals surface area contributed by atoms with E-state index in [0.29, 0.717) is 0 Å². The quantitative estimate of drug-likeness (QED) is 0.778. The molecule has 1 heterocycles. The van der Waals surface area contributed by atoms with Gasteiger partial charge in [-0.2, -0.15) is 0 Å². The molecule has 0 aliphatic carbocycles. The van der Waals surface area contributed by atoms with Crippen LogP contribution in [0.3, 0.4) is 0 Å². The lowest BCUT2D eigenvalue weighted by Crippen LogP contribution is -2.05. The number of rotatable bonds is 4. The summed E-state index contributed by atoms with van der Waals surface area (Å²) in [5.74, 6) is 0.869. The number of para-hydroxylation sites is 1. The number of fused-ring (bicyclic) bond motifs is 1. The number of nitrogens with zero attached hydrogens (tertiary/aromatic N) is 1. The summed E-state index contributed by atoms with van der Waals surface area (Å²) < 4.78 is 7.52. The minimum atomic E-state index is 0.796. The number of methoxy groups -OCH3 is 1. The van der Waals surface area contributed by atoms with Crippen LogP contribution in [0.2, 0.25) is 0 Å². The van der Waals surface area contributed by atoms with Crippen molar-refractivity contribution < 1.29 is 4.74 Å². The molecule has 0 saturated heterocycles. The van der Waals surface area contributed by atoms with Crippen LogP contribution in [0.15, 0.2) is 48.5 Å². The van der Waals surface area contributed by atoms with E-state index in [1.54, 1.807) is 7.11 Å². The lowest BCUT2D eigenvalue weighted by molar-refractivity contribution is 0.415. The van der Waals surface area contributed by atoms with Gasteiger partial charge < -0.3 is 14.6 Å². The van der Waals surface area contributed by atoms with E-state index in [4.69, 9.17) is 4.74 Å². The maximum Gasteiger partial charge on any atom is 0.120 e. The van der Waals surface area contributed by atoms with Crippen molar-refractivity contribution in [1.82, 2.24) is 4.57 Å². The third-order valence-electron chi connectivity index (χ3n) is 4.04. The monoisotopic (exact) mass is 280 g/mol. The number of aromatic nitrogens is 1. The predicted octanol–water partition coefficient (Wildman–Crippen LogP) is 4.11. The normalized spacial score (nSPS) is 10.8. The first-order chi connectivity index (χ1) is 10.2. The zero-order valence-corrected chi connectivity index (χ0v) is 12.7. The maximum atomic E-state index is 5.26. The molecule has 108 valence electrons. The standard InChI is InChI=1S/C18H20N2O/c1-13-16-9-4-5-10-17(16)20(2)18(13)12-19-14-7-6-8-15(11-14)21-3/h4-11,19H,12H2,1-3H3. The molecular formula is C18H20N2O. The molecule has 0 radical (unpaired) electrons. The lowest BCUT2D eigenvalue weighted by atomic mass is 10.1. The summed E-state index contributed by atoms with van der Waals surface area (Å²) in [7, 11) is 3.81. The Labute approximate surface area is 125 Å². The van der Waals surface area contributed by atoms with Gasteiger partial charge in [0, 0.05) is 35.4 Å². The summed E-state index contributed by atoms with van der Waals surface area (Å²) in [6.45, 7) is 2.98. The van der Waals surface area contributed by atoms with E-state index in [2.05, 4.69) is 54.2 Å². The number of benzene rings is 2. The fourth-order valence-corrected chi connectivity index (χ4v) is 2.81. The van der Waals surface area contributed by atoms with Gasteiger partial charge in [0.2, 0.25) is 0 Å². The van der Waals surface area contributed by atoms with Crippen LogP contribution in [0.5, 0.6) is 5.75 Å². The number of ether oxygens (including phenoxy) is 1. The van der Waals surface area contributed by atoms with Crippen LogP contribution in [0.4, 0.5) is 5.69 Å². The molecule has 1 aromatic heterocycles. The minimum absolute atomic E-state index is 0.796. The Hall–Kier alpha value is -2.42. The maximum absolute atomic E-state index is 5.26. The van der Waals surface area contributed by atoms with Gasteiger partial charge in [-0.15, -0.1) is 0 Å². The molecule has 0 saturated carbocycles. The Morgan fingerprint density at radius 1 is 1.10 bits per heavy atom. The molecule has 3 aromatic rings.